The molecule has 2 N–H and O–H groups in total. The van der Waals surface area contributed by atoms with Crippen LogP contribution < -0.4 is 0 Å². The van der Waals surface area contributed by atoms with Crippen molar-refractivity contribution in [2.24, 2.45) is 0 Å². The fourth-order valence-electron chi connectivity index (χ4n) is 1.67. The predicted molar refractivity (Wildman–Crippen MR) is 60.8 cm³/mol. The van der Waals surface area contributed by atoms with Gasteiger partial charge in [-0.1, -0.05) is 12.1 Å². The van der Waals surface area contributed by atoms with Gasteiger partial charge in [-0.15, -0.1) is 10.2 Å². The Balaban J connectivity index is 2.14. The second-order valence-corrected chi connectivity index (χ2v) is 3.62. The molecule has 0 bridgehead atoms. The quantitative estimate of drug-likeness (QED) is 0.679. The van der Waals surface area contributed by atoms with Gasteiger partial charge in [0.05, 0.1) is 12.1 Å². The maximum Gasteiger partial charge on any atom is 0.222 e. The van der Waals surface area contributed by atoms with E-state index in [0.717, 1.165) is 16.5 Å². The summed E-state index contributed by atoms with van der Waals surface area (Å²) in [4.78, 5) is 4.43. The topological polar surface area (TPSA) is 87.6 Å². The molecule has 2 heterocycles. The average molecular weight is 227 g/mol. The molecular formula is C11H9N5O. The Morgan fingerprint density at radius 2 is 2.12 bits per heavy atom. The second-order valence-electron chi connectivity index (χ2n) is 3.62. The highest BCUT2D eigenvalue weighted by Crippen LogP contribution is 2.18. The zero-order chi connectivity index (χ0) is 11.7. The number of tetrazole rings is 1. The Morgan fingerprint density at radius 1 is 1.18 bits per heavy atom. The zero-order valence-electron chi connectivity index (χ0n) is 8.83. The lowest BCUT2D eigenvalue weighted by molar-refractivity contribution is 0.282. The van der Waals surface area contributed by atoms with E-state index >= 15 is 0 Å². The third kappa shape index (κ3) is 1.74. The molecule has 0 saturated carbocycles. The number of nitrogens with zero attached hydrogens (tertiary/aromatic N) is 4. The van der Waals surface area contributed by atoms with Crippen molar-refractivity contribution in [1.82, 2.24) is 25.6 Å². The van der Waals surface area contributed by atoms with Crippen LogP contribution in [0.15, 0.2) is 30.3 Å². The molecule has 84 valence electrons. The van der Waals surface area contributed by atoms with Crippen molar-refractivity contribution in [3.8, 4) is 11.5 Å². The maximum atomic E-state index is 9.05. The normalized spacial score (nSPS) is 10.9. The van der Waals surface area contributed by atoms with Crippen molar-refractivity contribution >= 4 is 10.9 Å². The molecule has 1 aromatic carbocycles. The van der Waals surface area contributed by atoms with Crippen LogP contribution in [0.5, 0.6) is 0 Å². The molecule has 0 atom stereocenters. The van der Waals surface area contributed by atoms with Gasteiger partial charge in [0.15, 0.2) is 0 Å². The first kappa shape index (κ1) is 9.86. The van der Waals surface area contributed by atoms with Gasteiger partial charge in [0, 0.05) is 5.39 Å². The number of aromatic nitrogens is 5. The first-order valence-electron chi connectivity index (χ1n) is 5.11. The Bertz CT molecular complexity index is 650. The molecule has 0 aliphatic carbocycles. The van der Waals surface area contributed by atoms with Gasteiger partial charge in [0.1, 0.15) is 5.69 Å². The summed E-state index contributed by atoms with van der Waals surface area (Å²) in [5, 5.41) is 23.7. The largest absolute Gasteiger partial charge is 0.392 e. The van der Waals surface area contributed by atoms with E-state index in [-0.39, 0.29) is 6.61 Å². The van der Waals surface area contributed by atoms with Crippen LogP contribution in [0.1, 0.15) is 5.56 Å². The molecule has 0 amide bonds. The number of hydrogen-bond donors (Lipinski definition) is 2. The molecule has 0 aliphatic rings. The number of nitrogens with one attached hydrogen (secondary N) is 1. The lowest BCUT2D eigenvalue weighted by Gasteiger charge is -2.01. The van der Waals surface area contributed by atoms with E-state index in [1.165, 1.54) is 0 Å². The zero-order valence-corrected chi connectivity index (χ0v) is 8.83. The van der Waals surface area contributed by atoms with Gasteiger partial charge in [-0.2, -0.15) is 5.21 Å². The van der Waals surface area contributed by atoms with Crippen LogP contribution in [0, 0.1) is 0 Å². The number of H-pyrrole nitrogens is 1. The third-order valence-electron chi connectivity index (χ3n) is 2.51. The number of aliphatic hydroxyl groups is 1. The van der Waals surface area contributed by atoms with Crippen molar-refractivity contribution in [2.75, 3.05) is 0 Å². The van der Waals surface area contributed by atoms with E-state index in [1.807, 2.05) is 30.3 Å². The molecule has 0 fully saturated rings. The summed E-state index contributed by atoms with van der Waals surface area (Å²) in [5.74, 6) is 0.470. The Hall–Kier alpha value is -2.34. The van der Waals surface area contributed by atoms with Crippen LogP contribution in [0.4, 0.5) is 0 Å². The number of pyridine rings is 1. The Labute approximate surface area is 96.3 Å². The molecule has 2 aromatic heterocycles. The van der Waals surface area contributed by atoms with Crippen LogP contribution in [-0.4, -0.2) is 30.7 Å². The molecule has 6 heteroatoms. The molecule has 17 heavy (non-hydrogen) atoms. The lowest BCUT2D eigenvalue weighted by atomic mass is 10.1. The Morgan fingerprint density at radius 3 is 2.88 bits per heavy atom. The van der Waals surface area contributed by atoms with Crippen molar-refractivity contribution < 1.29 is 5.11 Å². The highest BCUT2D eigenvalue weighted by Gasteiger charge is 2.05. The van der Waals surface area contributed by atoms with E-state index in [4.69, 9.17) is 5.11 Å². The average Bonchev–Trinajstić information content (AvgIpc) is 2.91. The summed E-state index contributed by atoms with van der Waals surface area (Å²) in [6.45, 7) is 0.0303. The molecule has 0 spiro atoms. The smallest absolute Gasteiger partial charge is 0.222 e. The molecule has 0 radical (unpaired) electrons. The third-order valence-corrected chi connectivity index (χ3v) is 2.51. The monoisotopic (exact) mass is 227 g/mol. The number of hydrogen-bond acceptors (Lipinski definition) is 5. The van der Waals surface area contributed by atoms with E-state index in [1.54, 1.807) is 0 Å². The van der Waals surface area contributed by atoms with Crippen molar-refractivity contribution in [1.29, 1.82) is 0 Å². The molecule has 0 aliphatic heterocycles. The first-order valence-corrected chi connectivity index (χ1v) is 5.11. The van der Waals surface area contributed by atoms with E-state index in [0.29, 0.717) is 11.5 Å². The van der Waals surface area contributed by atoms with Crippen molar-refractivity contribution in [3.63, 3.8) is 0 Å². The van der Waals surface area contributed by atoms with Gasteiger partial charge in [0.2, 0.25) is 5.82 Å². The summed E-state index contributed by atoms with van der Waals surface area (Å²) >= 11 is 0. The summed E-state index contributed by atoms with van der Waals surface area (Å²) in [5.41, 5.74) is 2.37. The van der Waals surface area contributed by atoms with Gasteiger partial charge < -0.3 is 5.11 Å². The van der Waals surface area contributed by atoms with Crippen molar-refractivity contribution in [3.05, 3.63) is 35.9 Å². The highest BCUT2D eigenvalue weighted by molar-refractivity contribution is 5.81. The van der Waals surface area contributed by atoms with Gasteiger partial charge in [-0.05, 0) is 29.0 Å². The van der Waals surface area contributed by atoms with E-state index in [9.17, 15) is 0 Å². The first-order chi connectivity index (χ1) is 8.36. The fraction of sp³-hybridized carbons (Fsp3) is 0.0909. The van der Waals surface area contributed by atoms with Gasteiger partial charge in [-0.25, -0.2) is 4.98 Å². The number of benzene rings is 1. The SMILES string of the molecule is OCc1ccc2nc(-c3nn[nH]n3)ccc2c1. The number of rotatable bonds is 2. The highest BCUT2D eigenvalue weighted by atomic mass is 16.3. The fourth-order valence-corrected chi connectivity index (χ4v) is 1.67. The van der Waals surface area contributed by atoms with Gasteiger partial charge in [-0.3, -0.25) is 0 Å². The van der Waals surface area contributed by atoms with Crippen LogP contribution >= 0.6 is 0 Å². The molecule has 0 unspecified atom stereocenters. The minimum absolute atomic E-state index is 0.0303. The van der Waals surface area contributed by atoms with Gasteiger partial charge >= 0.3 is 0 Å². The van der Waals surface area contributed by atoms with E-state index < -0.39 is 0 Å². The Kier molecular flexibility index (Phi) is 2.27. The molecule has 3 aromatic rings. The van der Waals surface area contributed by atoms with Crippen LogP contribution in [0.2, 0.25) is 0 Å². The number of fused-ring (bicyclic) bond motifs is 1. The molecule has 3 rings (SSSR count). The maximum absolute atomic E-state index is 9.05. The molecule has 0 saturated heterocycles. The molecular weight excluding hydrogens is 218 g/mol. The minimum Gasteiger partial charge on any atom is -0.392 e. The van der Waals surface area contributed by atoms with Gasteiger partial charge in [0.25, 0.3) is 0 Å². The number of aromatic amines is 1. The van der Waals surface area contributed by atoms with Crippen molar-refractivity contribution in [2.45, 2.75) is 6.61 Å². The summed E-state index contributed by atoms with van der Waals surface area (Å²) in [6.07, 6.45) is 0. The minimum atomic E-state index is 0.0303. The van der Waals surface area contributed by atoms with Crippen LogP contribution in [-0.2, 0) is 6.61 Å². The summed E-state index contributed by atoms with van der Waals surface area (Å²) in [6, 6.07) is 9.36. The van der Waals surface area contributed by atoms with Crippen LogP contribution in [0.3, 0.4) is 0 Å². The van der Waals surface area contributed by atoms with Crippen LogP contribution in [0.25, 0.3) is 22.4 Å². The predicted octanol–water partition coefficient (Wildman–Crippen LogP) is 0.907. The molecule has 6 nitrogen and oxygen atoms in total. The second kappa shape index (κ2) is 3.91. The standard InChI is InChI=1S/C11H9N5O/c17-6-7-1-3-9-8(5-7)2-4-10(12-9)11-13-15-16-14-11/h1-5,17H,6H2,(H,13,14,15,16). The lowest BCUT2D eigenvalue weighted by Crippen LogP contribution is -1.89. The summed E-state index contributed by atoms with van der Waals surface area (Å²) in [7, 11) is 0. The van der Waals surface area contributed by atoms with E-state index in [2.05, 4.69) is 25.6 Å². The summed E-state index contributed by atoms with van der Waals surface area (Å²) < 4.78 is 0. The number of aliphatic hydroxyl groups excluding tert-OH is 1.